The minimum atomic E-state index is 0.519. The van der Waals surface area contributed by atoms with E-state index >= 15 is 0 Å². The quantitative estimate of drug-likeness (QED) is 0.879. The molecule has 0 saturated heterocycles. The molecule has 1 heterocycles. The average Bonchev–Trinajstić information content (AvgIpc) is 2.88. The Morgan fingerprint density at radius 2 is 2.12 bits per heavy atom. The molecular weight excluding hydrogens is 228 g/mol. The molecule has 3 rings (SSSR count). The van der Waals surface area contributed by atoms with Gasteiger partial charge in [0.1, 0.15) is 0 Å². The van der Waals surface area contributed by atoms with Crippen molar-refractivity contribution in [1.82, 2.24) is 4.98 Å². The lowest BCUT2D eigenvalue weighted by atomic mass is 9.97. The van der Waals surface area contributed by atoms with Crippen LogP contribution < -0.4 is 5.73 Å². The molecule has 0 bridgehead atoms. The highest BCUT2D eigenvalue weighted by Crippen LogP contribution is 2.42. The molecule has 1 aromatic carbocycles. The molecule has 0 spiro atoms. The van der Waals surface area contributed by atoms with Crippen molar-refractivity contribution in [1.29, 1.82) is 0 Å². The number of anilines is 1. The molecule has 1 aliphatic carbocycles. The Kier molecular flexibility index (Phi) is 2.63. The summed E-state index contributed by atoms with van der Waals surface area (Å²) >= 11 is 1.66. The van der Waals surface area contributed by atoms with Gasteiger partial charge in [-0.25, -0.2) is 4.98 Å². The number of hydrogen-bond donors (Lipinski definition) is 1. The maximum absolute atomic E-state index is 5.78. The topological polar surface area (TPSA) is 38.9 Å². The van der Waals surface area contributed by atoms with E-state index in [4.69, 9.17) is 5.73 Å². The summed E-state index contributed by atoms with van der Waals surface area (Å²) in [6, 6.07) is 8.98. The molecule has 0 aliphatic heterocycles. The number of benzene rings is 1. The number of hydrogen-bond acceptors (Lipinski definition) is 3. The number of nitrogens with two attached hydrogens (primary N) is 1. The van der Waals surface area contributed by atoms with Crippen molar-refractivity contribution in [3.8, 4) is 0 Å². The van der Waals surface area contributed by atoms with Crippen LogP contribution in [0.5, 0.6) is 0 Å². The van der Waals surface area contributed by atoms with E-state index in [9.17, 15) is 0 Å². The standard InChI is InChI=1S/C14H16N2S/c1-2-9-3-5-10(6-4-9)11-7-8-12-13(11)17-14(15)16-12/h3-6,11H,2,7-8H2,1H3,(H2,15,16). The van der Waals surface area contributed by atoms with E-state index in [1.807, 2.05) is 0 Å². The lowest BCUT2D eigenvalue weighted by molar-refractivity contribution is 0.790. The van der Waals surface area contributed by atoms with Gasteiger partial charge in [0, 0.05) is 10.8 Å². The zero-order chi connectivity index (χ0) is 11.8. The SMILES string of the molecule is CCc1ccc(C2CCc3nc(N)sc32)cc1. The molecule has 0 amide bonds. The lowest BCUT2D eigenvalue weighted by Gasteiger charge is -2.10. The van der Waals surface area contributed by atoms with Crippen molar-refractivity contribution >= 4 is 16.5 Å². The van der Waals surface area contributed by atoms with Crippen molar-refractivity contribution in [3.05, 3.63) is 46.0 Å². The number of aromatic nitrogens is 1. The first-order valence-corrected chi connectivity index (χ1v) is 6.93. The van der Waals surface area contributed by atoms with Crippen LogP contribution in [0.4, 0.5) is 5.13 Å². The molecule has 0 radical (unpaired) electrons. The second kappa shape index (κ2) is 4.15. The Balaban J connectivity index is 1.94. The third kappa shape index (κ3) is 1.84. The Labute approximate surface area is 106 Å². The zero-order valence-electron chi connectivity index (χ0n) is 9.94. The monoisotopic (exact) mass is 244 g/mol. The minimum Gasteiger partial charge on any atom is -0.375 e. The van der Waals surface area contributed by atoms with Crippen molar-refractivity contribution < 1.29 is 0 Å². The van der Waals surface area contributed by atoms with Gasteiger partial charge in [-0.15, -0.1) is 11.3 Å². The van der Waals surface area contributed by atoms with Crippen LogP contribution in [0, 0.1) is 0 Å². The molecule has 1 aromatic heterocycles. The van der Waals surface area contributed by atoms with Crippen LogP contribution in [-0.4, -0.2) is 4.98 Å². The van der Waals surface area contributed by atoms with Gasteiger partial charge in [0.2, 0.25) is 0 Å². The Morgan fingerprint density at radius 1 is 1.35 bits per heavy atom. The summed E-state index contributed by atoms with van der Waals surface area (Å²) in [5, 5.41) is 0.713. The van der Waals surface area contributed by atoms with Crippen LogP contribution >= 0.6 is 11.3 Å². The van der Waals surface area contributed by atoms with Gasteiger partial charge in [-0.05, 0) is 30.4 Å². The van der Waals surface area contributed by atoms with Crippen molar-refractivity contribution in [2.75, 3.05) is 5.73 Å². The molecule has 88 valence electrons. The Bertz CT molecular complexity index is 528. The van der Waals surface area contributed by atoms with E-state index < -0.39 is 0 Å². The highest BCUT2D eigenvalue weighted by atomic mass is 32.1. The van der Waals surface area contributed by atoms with Gasteiger partial charge >= 0.3 is 0 Å². The van der Waals surface area contributed by atoms with E-state index in [0.29, 0.717) is 11.0 Å². The van der Waals surface area contributed by atoms with Gasteiger partial charge in [0.25, 0.3) is 0 Å². The highest BCUT2D eigenvalue weighted by molar-refractivity contribution is 7.15. The lowest BCUT2D eigenvalue weighted by Crippen LogP contribution is -1.94. The van der Waals surface area contributed by atoms with E-state index in [1.165, 1.54) is 28.1 Å². The number of fused-ring (bicyclic) bond motifs is 1. The molecular formula is C14H16N2S. The smallest absolute Gasteiger partial charge is 0.180 e. The molecule has 0 fully saturated rings. The van der Waals surface area contributed by atoms with Crippen LogP contribution in [0.15, 0.2) is 24.3 Å². The van der Waals surface area contributed by atoms with E-state index in [1.54, 1.807) is 11.3 Å². The van der Waals surface area contributed by atoms with E-state index in [2.05, 4.69) is 36.2 Å². The van der Waals surface area contributed by atoms with Gasteiger partial charge in [-0.2, -0.15) is 0 Å². The third-order valence-corrected chi connectivity index (χ3v) is 4.56. The van der Waals surface area contributed by atoms with Gasteiger partial charge in [-0.1, -0.05) is 31.2 Å². The zero-order valence-corrected chi connectivity index (χ0v) is 10.8. The molecule has 2 nitrogen and oxygen atoms in total. The average molecular weight is 244 g/mol. The van der Waals surface area contributed by atoms with Crippen LogP contribution in [0.2, 0.25) is 0 Å². The predicted molar refractivity (Wildman–Crippen MR) is 72.5 cm³/mol. The Hall–Kier alpha value is -1.35. The summed E-state index contributed by atoms with van der Waals surface area (Å²) in [5.74, 6) is 0.519. The molecule has 0 saturated carbocycles. The normalized spacial score (nSPS) is 18.3. The van der Waals surface area contributed by atoms with Crippen LogP contribution in [-0.2, 0) is 12.8 Å². The number of aryl methyl sites for hydroxylation is 2. The van der Waals surface area contributed by atoms with Gasteiger partial charge in [0.15, 0.2) is 5.13 Å². The summed E-state index contributed by atoms with van der Waals surface area (Å²) < 4.78 is 0. The maximum Gasteiger partial charge on any atom is 0.180 e. The van der Waals surface area contributed by atoms with Crippen molar-refractivity contribution in [2.24, 2.45) is 0 Å². The fourth-order valence-electron chi connectivity index (χ4n) is 2.55. The van der Waals surface area contributed by atoms with Crippen LogP contribution in [0.3, 0.4) is 0 Å². The minimum absolute atomic E-state index is 0.519. The molecule has 3 heteroatoms. The number of nitrogen functional groups attached to an aromatic ring is 1. The summed E-state index contributed by atoms with van der Waals surface area (Å²) in [7, 11) is 0. The molecule has 1 atom stereocenters. The summed E-state index contributed by atoms with van der Waals surface area (Å²) in [5.41, 5.74) is 9.81. The van der Waals surface area contributed by atoms with E-state index in [-0.39, 0.29) is 0 Å². The first kappa shape index (κ1) is 10.8. The fraction of sp³-hybridized carbons (Fsp3) is 0.357. The molecule has 2 N–H and O–H groups in total. The van der Waals surface area contributed by atoms with Gasteiger partial charge in [0.05, 0.1) is 5.69 Å². The molecule has 17 heavy (non-hydrogen) atoms. The number of rotatable bonds is 2. The van der Waals surface area contributed by atoms with Crippen molar-refractivity contribution in [2.45, 2.75) is 32.1 Å². The Morgan fingerprint density at radius 3 is 2.82 bits per heavy atom. The first-order valence-electron chi connectivity index (χ1n) is 6.12. The summed E-state index contributed by atoms with van der Waals surface area (Å²) in [4.78, 5) is 5.78. The second-order valence-electron chi connectivity index (χ2n) is 4.55. The summed E-state index contributed by atoms with van der Waals surface area (Å²) in [6.45, 7) is 2.19. The first-order chi connectivity index (χ1) is 8.28. The highest BCUT2D eigenvalue weighted by Gasteiger charge is 2.27. The third-order valence-electron chi connectivity index (χ3n) is 3.52. The van der Waals surface area contributed by atoms with Crippen LogP contribution in [0.1, 0.15) is 41.0 Å². The second-order valence-corrected chi connectivity index (χ2v) is 5.61. The predicted octanol–water partition coefficient (Wildman–Crippen LogP) is 3.37. The fourth-order valence-corrected chi connectivity index (χ4v) is 3.59. The number of nitrogens with zero attached hydrogens (tertiary/aromatic N) is 1. The molecule has 1 unspecified atom stereocenters. The van der Waals surface area contributed by atoms with Crippen molar-refractivity contribution in [3.63, 3.8) is 0 Å². The van der Waals surface area contributed by atoms with Crippen LogP contribution in [0.25, 0.3) is 0 Å². The van der Waals surface area contributed by atoms with Gasteiger partial charge in [-0.3, -0.25) is 0 Å². The summed E-state index contributed by atoms with van der Waals surface area (Å²) in [6.07, 6.45) is 3.35. The number of thiazole rings is 1. The van der Waals surface area contributed by atoms with Gasteiger partial charge < -0.3 is 5.73 Å². The van der Waals surface area contributed by atoms with E-state index in [0.717, 1.165) is 12.8 Å². The molecule has 1 aliphatic rings. The largest absolute Gasteiger partial charge is 0.375 e. The molecule has 2 aromatic rings. The maximum atomic E-state index is 5.78.